The van der Waals surface area contributed by atoms with Crippen LogP contribution in [0.3, 0.4) is 0 Å². The number of nitrogens with one attached hydrogen (secondary N) is 1. The topological polar surface area (TPSA) is 58.1 Å². The molecule has 2 rings (SSSR count). The summed E-state index contributed by atoms with van der Waals surface area (Å²) < 4.78 is 0. The molecule has 0 spiro atoms. The second kappa shape index (κ2) is 7.96. The van der Waals surface area contributed by atoms with Crippen LogP contribution in [0.5, 0.6) is 0 Å². The zero-order chi connectivity index (χ0) is 15.1. The molecule has 0 bridgehead atoms. The van der Waals surface area contributed by atoms with Crippen LogP contribution in [0.4, 0.5) is 5.82 Å². The first-order chi connectivity index (χ1) is 10.2. The van der Waals surface area contributed by atoms with E-state index in [1.54, 1.807) is 6.07 Å². The zero-order valence-electron chi connectivity index (χ0n) is 13.1. The Bertz CT molecular complexity index is 463. The van der Waals surface area contributed by atoms with Crippen molar-refractivity contribution in [2.24, 2.45) is 5.92 Å². The normalized spacial score (nSPS) is 18.6. The number of unbranched alkanes of at least 4 members (excludes halogenated alkanes) is 2. The van der Waals surface area contributed by atoms with Crippen LogP contribution >= 0.6 is 0 Å². The summed E-state index contributed by atoms with van der Waals surface area (Å²) in [5, 5.41) is 3.26. The summed E-state index contributed by atoms with van der Waals surface area (Å²) in [6, 6.07) is 1.77. The van der Waals surface area contributed by atoms with Gasteiger partial charge < -0.3 is 10.2 Å². The van der Waals surface area contributed by atoms with Crippen molar-refractivity contribution in [3.63, 3.8) is 0 Å². The van der Waals surface area contributed by atoms with Crippen molar-refractivity contribution in [2.45, 2.75) is 46.0 Å². The molecule has 1 aromatic heterocycles. The number of piperidine rings is 1. The molecule has 1 amide bonds. The lowest BCUT2D eigenvalue weighted by atomic mass is 10.00. The molecule has 5 nitrogen and oxygen atoms in total. The molecule has 1 N–H and O–H groups in total. The standard InChI is InChI=1S/C16H26N4O/c1-3-4-5-8-17-15-10-14(18-12-19-15)16(21)20-9-6-7-13(2)11-20/h10,12-13H,3-9,11H2,1-2H3,(H,17,18,19). The van der Waals surface area contributed by atoms with Crippen LogP contribution in [0.25, 0.3) is 0 Å². The third kappa shape index (κ3) is 4.69. The Kier molecular flexibility index (Phi) is 5.96. The van der Waals surface area contributed by atoms with Crippen LogP contribution in [-0.2, 0) is 0 Å². The molecule has 2 heterocycles. The van der Waals surface area contributed by atoms with Crippen LogP contribution in [0, 0.1) is 5.92 Å². The van der Waals surface area contributed by atoms with Gasteiger partial charge in [0.25, 0.3) is 5.91 Å². The van der Waals surface area contributed by atoms with Crippen molar-refractivity contribution < 1.29 is 4.79 Å². The van der Waals surface area contributed by atoms with Crippen LogP contribution in [0.2, 0.25) is 0 Å². The minimum Gasteiger partial charge on any atom is -0.370 e. The minimum absolute atomic E-state index is 0.0283. The number of rotatable bonds is 6. The van der Waals surface area contributed by atoms with E-state index >= 15 is 0 Å². The fourth-order valence-corrected chi connectivity index (χ4v) is 2.70. The Morgan fingerprint density at radius 2 is 2.29 bits per heavy atom. The summed E-state index contributed by atoms with van der Waals surface area (Å²) in [6.07, 6.45) is 7.28. The lowest BCUT2D eigenvalue weighted by Crippen LogP contribution is -2.39. The van der Waals surface area contributed by atoms with E-state index in [9.17, 15) is 4.79 Å². The first kappa shape index (κ1) is 15.7. The second-order valence-electron chi connectivity index (χ2n) is 5.92. The molecular weight excluding hydrogens is 264 g/mol. The molecule has 1 saturated heterocycles. The molecule has 5 heteroatoms. The molecule has 1 atom stereocenters. The third-order valence-electron chi connectivity index (χ3n) is 3.92. The number of likely N-dealkylation sites (tertiary alicyclic amines) is 1. The minimum atomic E-state index is 0.0283. The smallest absolute Gasteiger partial charge is 0.272 e. The molecule has 1 aromatic rings. The van der Waals surface area contributed by atoms with Crippen molar-refractivity contribution in [3.05, 3.63) is 18.1 Å². The van der Waals surface area contributed by atoms with Gasteiger partial charge in [0, 0.05) is 25.7 Å². The van der Waals surface area contributed by atoms with Crippen molar-refractivity contribution in [2.75, 3.05) is 25.0 Å². The van der Waals surface area contributed by atoms with E-state index in [0.29, 0.717) is 11.6 Å². The average molecular weight is 290 g/mol. The van der Waals surface area contributed by atoms with Crippen molar-refractivity contribution in [1.29, 1.82) is 0 Å². The van der Waals surface area contributed by atoms with E-state index in [-0.39, 0.29) is 5.91 Å². The fraction of sp³-hybridized carbons (Fsp3) is 0.688. The summed E-state index contributed by atoms with van der Waals surface area (Å²) in [7, 11) is 0. The van der Waals surface area contributed by atoms with E-state index < -0.39 is 0 Å². The quantitative estimate of drug-likeness (QED) is 0.818. The molecule has 21 heavy (non-hydrogen) atoms. The van der Waals surface area contributed by atoms with Gasteiger partial charge in [0.15, 0.2) is 0 Å². The SMILES string of the molecule is CCCCCNc1cc(C(=O)N2CCCC(C)C2)ncn1. The highest BCUT2D eigenvalue weighted by molar-refractivity contribution is 5.92. The number of nitrogens with zero attached hydrogens (tertiary/aromatic N) is 3. The predicted octanol–water partition coefficient (Wildman–Crippen LogP) is 2.95. The third-order valence-corrected chi connectivity index (χ3v) is 3.92. The number of amides is 1. The van der Waals surface area contributed by atoms with E-state index in [2.05, 4.69) is 29.1 Å². The monoisotopic (exact) mass is 290 g/mol. The van der Waals surface area contributed by atoms with Crippen molar-refractivity contribution in [3.8, 4) is 0 Å². The van der Waals surface area contributed by atoms with Gasteiger partial charge in [-0.15, -0.1) is 0 Å². The highest BCUT2D eigenvalue weighted by Crippen LogP contribution is 2.17. The number of aromatic nitrogens is 2. The first-order valence-corrected chi connectivity index (χ1v) is 8.06. The largest absolute Gasteiger partial charge is 0.370 e. The summed E-state index contributed by atoms with van der Waals surface area (Å²) in [5.41, 5.74) is 0.497. The van der Waals surface area contributed by atoms with E-state index in [4.69, 9.17) is 0 Å². The van der Waals surface area contributed by atoms with E-state index in [0.717, 1.165) is 38.3 Å². The maximum atomic E-state index is 12.5. The molecule has 0 radical (unpaired) electrons. The molecular formula is C16H26N4O. The second-order valence-corrected chi connectivity index (χ2v) is 5.92. The maximum absolute atomic E-state index is 12.5. The van der Waals surface area contributed by atoms with Gasteiger partial charge in [-0.25, -0.2) is 9.97 Å². The van der Waals surface area contributed by atoms with Crippen LogP contribution in [0.15, 0.2) is 12.4 Å². The molecule has 0 aromatic carbocycles. The fourth-order valence-electron chi connectivity index (χ4n) is 2.70. The van der Waals surface area contributed by atoms with Crippen molar-refractivity contribution >= 4 is 11.7 Å². The zero-order valence-corrected chi connectivity index (χ0v) is 13.1. The maximum Gasteiger partial charge on any atom is 0.272 e. The predicted molar refractivity (Wildman–Crippen MR) is 84.3 cm³/mol. The lowest BCUT2D eigenvalue weighted by molar-refractivity contribution is 0.0677. The molecule has 116 valence electrons. The van der Waals surface area contributed by atoms with Gasteiger partial charge in [-0.05, 0) is 25.2 Å². The van der Waals surface area contributed by atoms with E-state index in [1.807, 2.05) is 4.90 Å². The van der Waals surface area contributed by atoms with Gasteiger partial charge in [0.1, 0.15) is 17.8 Å². The molecule has 1 aliphatic rings. The highest BCUT2D eigenvalue weighted by atomic mass is 16.2. The summed E-state index contributed by atoms with van der Waals surface area (Å²) >= 11 is 0. The highest BCUT2D eigenvalue weighted by Gasteiger charge is 2.23. The van der Waals surface area contributed by atoms with Gasteiger partial charge in [-0.2, -0.15) is 0 Å². The number of carbonyl (C=O) groups excluding carboxylic acids is 1. The Hall–Kier alpha value is -1.65. The molecule has 1 fully saturated rings. The number of anilines is 1. The van der Waals surface area contributed by atoms with Gasteiger partial charge >= 0.3 is 0 Å². The van der Waals surface area contributed by atoms with Gasteiger partial charge in [0.2, 0.25) is 0 Å². The average Bonchev–Trinajstić information content (AvgIpc) is 2.51. The number of hydrogen-bond acceptors (Lipinski definition) is 4. The first-order valence-electron chi connectivity index (χ1n) is 8.06. The Morgan fingerprint density at radius 3 is 3.05 bits per heavy atom. The Labute approximate surface area is 127 Å². The summed E-state index contributed by atoms with van der Waals surface area (Å²) in [4.78, 5) is 22.7. The number of hydrogen-bond donors (Lipinski definition) is 1. The van der Waals surface area contributed by atoms with Crippen LogP contribution in [-0.4, -0.2) is 40.4 Å². The Balaban J connectivity index is 1.94. The summed E-state index contributed by atoms with van der Waals surface area (Å²) in [5.74, 6) is 1.35. The lowest BCUT2D eigenvalue weighted by Gasteiger charge is -2.30. The van der Waals surface area contributed by atoms with Gasteiger partial charge in [-0.3, -0.25) is 4.79 Å². The van der Waals surface area contributed by atoms with Crippen molar-refractivity contribution in [1.82, 2.24) is 14.9 Å². The molecule has 0 aliphatic carbocycles. The Morgan fingerprint density at radius 1 is 1.43 bits per heavy atom. The molecule has 0 saturated carbocycles. The van der Waals surface area contributed by atoms with Crippen LogP contribution in [0.1, 0.15) is 56.4 Å². The molecule has 1 aliphatic heterocycles. The van der Waals surface area contributed by atoms with Gasteiger partial charge in [0.05, 0.1) is 0 Å². The van der Waals surface area contributed by atoms with E-state index in [1.165, 1.54) is 25.6 Å². The van der Waals surface area contributed by atoms with Crippen LogP contribution < -0.4 is 5.32 Å². The van der Waals surface area contributed by atoms with Gasteiger partial charge in [-0.1, -0.05) is 26.7 Å². The number of carbonyl (C=O) groups is 1. The molecule has 1 unspecified atom stereocenters. The summed E-state index contributed by atoms with van der Waals surface area (Å²) in [6.45, 7) is 6.94.